The molecule has 1 aliphatic carbocycles. The van der Waals surface area contributed by atoms with E-state index in [2.05, 4.69) is 0 Å². The summed E-state index contributed by atoms with van der Waals surface area (Å²) in [6.07, 6.45) is 2.01. The summed E-state index contributed by atoms with van der Waals surface area (Å²) in [7, 11) is 1.66. The Morgan fingerprint density at radius 2 is 2.23 bits per heavy atom. The van der Waals surface area contributed by atoms with Crippen LogP contribution in [0.4, 0.5) is 0 Å². The molecule has 0 amide bonds. The summed E-state index contributed by atoms with van der Waals surface area (Å²) in [5, 5.41) is 0. The molecule has 13 heavy (non-hydrogen) atoms. The zero-order valence-electron chi connectivity index (χ0n) is 7.57. The topological polar surface area (TPSA) is 26.3 Å². The van der Waals surface area contributed by atoms with E-state index in [1.54, 1.807) is 7.11 Å². The Kier molecular flexibility index (Phi) is 2.05. The molecule has 2 rings (SSSR count). The number of benzene rings is 1. The summed E-state index contributed by atoms with van der Waals surface area (Å²) in [5.41, 5.74) is 1.17. The number of aldehydes is 1. The molecule has 0 spiro atoms. The minimum atomic E-state index is 0.219. The average Bonchev–Trinajstić information content (AvgIpc) is 2.96. The van der Waals surface area contributed by atoms with Gasteiger partial charge in [0.25, 0.3) is 0 Å². The van der Waals surface area contributed by atoms with Gasteiger partial charge in [0.05, 0.1) is 7.11 Å². The first-order valence-corrected chi connectivity index (χ1v) is 4.45. The SMILES string of the molecule is COc1ccccc1[C@@H]1C[C@@H]1C=O. The van der Waals surface area contributed by atoms with Crippen molar-refractivity contribution in [2.24, 2.45) is 5.92 Å². The van der Waals surface area contributed by atoms with Crippen molar-refractivity contribution in [3.05, 3.63) is 29.8 Å². The van der Waals surface area contributed by atoms with Crippen molar-refractivity contribution in [1.82, 2.24) is 0 Å². The molecule has 0 bridgehead atoms. The van der Waals surface area contributed by atoms with Gasteiger partial charge in [0.15, 0.2) is 0 Å². The normalized spacial score (nSPS) is 25.3. The molecular formula is C11H12O2. The van der Waals surface area contributed by atoms with Crippen LogP contribution in [0.3, 0.4) is 0 Å². The predicted molar refractivity (Wildman–Crippen MR) is 49.9 cm³/mol. The molecule has 2 atom stereocenters. The van der Waals surface area contributed by atoms with Gasteiger partial charge in [-0.3, -0.25) is 0 Å². The molecule has 2 nitrogen and oxygen atoms in total. The summed E-state index contributed by atoms with van der Waals surface area (Å²) in [4.78, 5) is 10.5. The molecule has 68 valence electrons. The monoisotopic (exact) mass is 176 g/mol. The highest BCUT2D eigenvalue weighted by molar-refractivity contribution is 5.62. The van der Waals surface area contributed by atoms with Crippen LogP contribution < -0.4 is 4.74 Å². The van der Waals surface area contributed by atoms with Gasteiger partial charge in [-0.05, 0) is 24.0 Å². The van der Waals surface area contributed by atoms with Crippen LogP contribution in [0.1, 0.15) is 17.9 Å². The Morgan fingerprint density at radius 1 is 1.46 bits per heavy atom. The van der Waals surface area contributed by atoms with E-state index in [-0.39, 0.29) is 5.92 Å². The van der Waals surface area contributed by atoms with E-state index in [1.807, 2.05) is 24.3 Å². The van der Waals surface area contributed by atoms with Gasteiger partial charge >= 0.3 is 0 Å². The third-order valence-electron chi connectivity index (χ3n) is 2.55. The molecule has 1 aliphatic rings. The first-order chi connectivity index (χ1) is 6.36. The van der Waals surface area contributed by atoms with Gasteiger partial charge < -0.3 is 9.53 Å². The highest BCUT2D eigenvalue weighted by atomic mass is 16.5. The smallest absolute Gasteiger partial charge is 0.123 e. The summed E-state index contributed by atoms with van der Waals surface area (Å²) >= 11 is 0. The lowest BCUT2D eigenvalue weighted by Gasteiger charge is -2.05. The summed E-state index contributed by atoms with van der Waals surface area (Å²) in [6.45, 7) is 0. The molecular weight excluding hydrogens is 164 g/mol. The van der Waals surface area contributed by atoms with Crippen LogP contribution in [-0.2, 0) is 4.79 Å². The molecule has 1 aromatic rings. The van der Waals surface area contributed by atoms with Gasteiger partial charge in [0.1, 0.15) is 12.0 Å². The van der Waals surface area contributed by atoms with Gasteiger partial charge in [-0.2, -0.15) is 0 Å². The summed E-state index contributed by atoms with van der Waals surface area (Å²) in [6, 6.07) is 7.90. The Balaban J connectivity index is 2.25. The van der Waals surface area contributed by atoms with E-state index < -0.39 is 0 Å². The molecule has 0 N–H and O–H groups in total. The number of hydrogen-bond donors (Lipinski definition) is 0. The van der Waals surface area contributed by atoms with Crippen LogP contribution in [0.25, 0.3) is 0 Å². The second kappa shape index (κ2) is 3.21. The Hall–Kier alpha value is -1.31. The van der Waals surface area contributed by atoms with E-state index in [0.29, 0.717) is 5.92 Å². The molecule has 0 heterocycles. The molecule has 1 aromatic carbocycles. The van der Waals surface area contributed by atoms with Crippen LogP contribution in [0.15, 0.2) is 24.3 Å². The zero-order valence-corrected chi connectivity index (χ0v) is 7.57. The third-order valence-corrected chi connectivity index (χ3v) is 2.55. The van der Waals surface area contributed by atoms with E-state index in [4.69, 9.17) is 4.74 Å². The Labute approximate surface area is 77.5 Å². The van der Waals surface area contributed by atoms with Crippen LogP contribution in [-0.4, -0.2) is 13.4 Å². The first-order valence-electron chi connectivity index (χ1n) is 4.45. The summed E-state index contributed by atoms with van der Waals surface area (Å²) < 4.78 is 5.22. The molecule has 1 saturated carbocycles. The van der Waals surface area contributed by atoms with Crippen LogP contribution in [0, 0.1) is 5.92 Å². The van der Waals surface area contributed by atoms with Crippen molar-refractivity contribution < 1.29 is 9.53 Å². The predicted octanol–water partition coefficient (Wildman–Crippen LogP) is 2.00. The van der Waals surface area contributed by atoms with E-state index in [9.17, 15) is 4.79 Å². The minimum Gasteiger partial charge on any atom is -0.496 e. The number of methoxy groups -OCH3 is 1. The lowest BCUT2D eigenvalue weighted by atomic mass is 10.1. The van der Waals surface area contributed by atoms with Gasteiger partial charge in [-0.1, -0.05) is 18.2 Å². The van der Waals surface area contributed by atoms with Crippen LogP contribution in [0.2, 0.25) is 0 Å². The minimum absolute atomic E-state index is 0.219. The number of ether oxygens (including phenoxy) is 1. The van der Waals surface area contributed by atoms with Crippen molar-refractivity contribution in [3.8, 4) is 5.75 Å². The average molecular weight is 176 g/mol. The van der Waals surface area contributed by atoms with Crippen LogP contribution >= 0.6 is 0 Å². The lowest BCUT2D eigenvalue weighted by molar-refractivity contribution is -0.108. The van der Waals surface area contributed by atoms with Gasteiger partial charge in [0, 0.05) is 5.92 Å². The van der Waals surface area contributed by atoms with Crippen molar-refractivity contribution in [1.29, 1.82) is 0 Å². The quantitative estimate of drug-likeness (QED) is 0.658. The number of carbonyl (C=O) groups is 1. The Morgan fingerprint density at radius 3 is 2.85 bits per heavy atom. The molecule has 0 aliphatic heterocycles. The molecule has 0 saturated heterocycles. The second-order valence-electron chi connectivity index (χ2n) is 3.38. The molecule has 0 radical (unpaired) electrons. The molecule has 0 unspecified atom stereocenters. The van der Waals surface area contributed by atoms with Gasteiger partial charge in [0.2, 0.25) is 0 Å². The van der Waals surface area contributed by atoms with E-state index >= 15 is 0 Å². The fraction of sp³-hybridized carbons (Fsp3) is 0.364. The maximum absolute atomic E-state index is 10.5. The third kappa shape index (κ3) is 1.44. The lowest BCUT2D eigenvalue weighted by Crippen LogP contribution is -1.91. The van der Waals surface area contributed by atoms with Crippen LogP contribution in [0.5, 0.6) is 5.75 Å². The molecule has 0 aromatic heterocycles. The van der Waals surface area contributed by atoms with Gasteiger partial charge in [-0.15, -0.1) is 0 Å². The fourth-order valence-electron chi connectivity index (χ4n) is 1.70. The number of para-hydroxylation sites is 1. The van der Waals surface area contributed by atoms with Crippen molar-refractivity contribution >= 4 is 6.29 Å². The van der Waals surface area contributed by atoms with Crippen molar-refractivity contribution in [3.63, 3.8) is 0 Å². The highest BCUT2D eigenvalue weighted by Crippen LogP contribution is 2.48. The maximum atomic E-state index is 10.5. The second-order valence-corrected chi connectivity index (χ2v) is 3.38. The fourth-order valence-corrected chi connectivity index (χ4v) is 1.70. The number of carbonyl (C=O) groups excluding carboxylic acids is 1. The Bertz CT molecular complexity index is 320. The first kappa shape index (κ1) is 8.30. The van der Waals surface area contributed by atoms with Gasteiger partial charge in [-0.25, -0.2) is 0 Å². The standard InChI is InChI=1S/C11H12O2/c1-13-11-5-3-2-4-9(11)10-6-8(10)7-12/h2-5,7-8,10H,6H2,1H3/t8-,10-/m1/s1. The molecule has 2 heteroatoms. The highest BCUT2D eigenvalue weighted by Gasteiger charge is 2.39. The van der Waals surface area contributed by atoms with E-state index in [0.717, 1.165) is 18.5 Å². The summed E-state index contributed by atoms with van der Waals surface area (Å²) in [5.74, 6) is 1.52. The van der Waals surface area contributed by atoms with Crippen molar-refractivity contribution in [2.45, 2.75) is 12.3 Å². The molecule has 1 fully saturated rings. The number of hydrogen-bond acceptors (Lipinski definition) is 2. The van der Waals surface area contributed by atoms with E-state index in [1.165, 1.54) is 5.56 Å². The zero-order chi connectivity index (χ0) is 9.26. The largest absolute Gasteiger partial charge is 0.496 e. The maximum Gasteiger partial charge on any atom is 0.123 e. The van der Waals surface area contributed by atoms with Crippen molar-refractivity contribution in [2.75, 3.05) is 7.11 Å². The number of rotatable bonds is 3.